The monoisotopic (exact) mass is 436 g/mol. The first-order valence-electron chi connectivity index (χ1n) is 10.8. The topological polar surface area (TPSA) is 82.9 Å². The molecule has 4 rings (SSSR count). The molecule has 0 heterocycles. The van der Waals surface area contributed by atoms with Crippen molar-refractivity contribution in [1.82, 2.24) is 10.9 Å². The van der Waals surface area contributed by atoms with E-state index >= 15 is 0 Å². The molecule has 33 heavy (non-hydrogen) atoms. The Labute approximate surface area is 192 Å². The van der Waals surface area contributed by atoms with Gasteiger partial charge < -0.3 is 0 Å². The number of rotatable bonds is 8. The summed E-state index contributed by atoms with van der Waals surface area (Å²) in [6.45, 7) is 0. The molecule has 2 amide bonds. The molecule has 0 aliphatic carbocycles. The standard InChI is InChI=1S/C27H24N4O2/c32-26(30-28-18-22-12-5-10-20-8-1-3-14-24(20)22)16-7-17-27(33)31-29-19-23-13-6-11-21-9-2-4-15-25(21)23/h1-6,8-15,18-19H,7,16-17H2,(H,30,32)(H,31,33)/b28-18-,29-19+. The summed E-state index contributed by atoms with van der Waals surface area (Å²) in [7, 11) is 0. The third kappa shape index (κ3) is 5.89. The normalized spacial score (nSPS) is 11.4. The van der Waals surface area contributed by atoms with Gasteiger partial charge in [0.05, 0.1) is 12.4 Å². The lowest BCUT2D eigenvalue weighted by Crippen LogP contribution is -2.20. The average Bonchev–Trinajstić information content (AvgIpc) is 2.84. The fourth-order valence-corrected chi connectivity index (χ4v) is 3.60. The Morgan fingerprint density at radius 1 is 0.606 bits per heavy atom. The van der Waals surface area contributed by atoms with E-state index in [1.165, 1.54) is 0 Å². The summed E-state index contributed by atoms with van der Waals surface area (Å²) in [5.41, 5.74) is 6.90. The van der Waals surface area contributed by atoms with Crippen molar-refractivity contribution in [1.29, 1.82) is 0 Å². The molecule has 0 radical (unpaired) electrons. The van der Waals surface area contributed by atoms with Gasteiger partial charge in [0.1, 0.15) is 0 Å². The number of benzene rings is 4. The number of nitrogens with one attached hydrogen (secondary N) is 2. The third-order valence-corrected chi connectivity index (χ3v) is 5.24. The number of fused-ring (bicyclic) bond motifs is 2. The predicted molar refractivity (Wildman–Crippen MR) is 133 cm³/mol. The summed E-state index contributed by atoms with van der Waals surface area (Å²) in [6.07, 6.45) is 4.08. The highest BCUT2D eigenvalue weighted by atomic mass is 16.2. The van der Waals surface area contributed by atoms with Crippen LogP contribution in [0.15, 0.2) is 95.1 Å². The third-order valence-electron chi connectivity index (χ3n) is 5.24. The van der Waals surface area contributed by atoms with Crippen molar-refractivity contribution < 1.29 is 9.59 Å². The molecule has 0 atom stereocenters. The second-order valence-electron chi connectivity index (χ2n) is 7.58. The number of carbonyl (C=O) groups excluding carboxylic acids is 2. The predicted octanol–water partition coefficient (Wildman–Crippen LogP) is 4.76. The van der Waals surface area contributed by atoms with E-state index in [0.29, 0.717) is 6.42 Å². The quantitative estimate of drug-likeness (QED) is 0.308. The van der Waals surface area contributed by atoms with Crippen molar-refractivity contribution in [2.75, 3.05) is 0 Å². The maximum absolute atomic E-state index is 12.0. The lowest BCUT2D eigenvalue weighted by Gasteiger charge is -2.03. The highest BCUT2D eigenvalue weighted by Gasteiger charge is 2.04. The summed E-state index contributed by atoms with van der Waals surface area (Å²) >= 11 is 0. The van der Waals surface area contributed by atoms with Crippen molar-refractivity contribution in [2.24, 2.45) is 10.2 Å². The summed E-state index contributed by atoms with van der Waals surface area (Å²) in [5, 5.41) is 12.5. The molecular formula is C27H24N4O2. The van der Waals surface area contributed by atoms with Gasteiger partial charge in [-0.05, 0) is 28.0 Å². The highest BCUT2D eigenvalue weighted by Crippen LogP contribution is 2.17. The molecular weight excluding hydrogens is 412 g/mol. The number of hydrazone groups is 2. The van der Waals surface area contributed by atoms with Crippen LogP contribution in [-0.4, -0.2) is 24.2 Å². The summed E-state index contributed by atoms with van der Waals surface area (Å²) in [5.74, 6) is -0.475. The highest BCUT2D eigenvalue weighted by molar-refractivity contribution is 6.00. The van der Waals surface area contributed by atoms with Gasteiger partial charge in [-0.2, -0.15) is 10.2 Å². The van der Waals surface area contributed by atoms with E-state index in [4.69, 9.17) is 0 Å². The van der Waals surface area contributed by atoms with E-state index in [0.717, 1.165) is 32.7 Å². The zero-order valence-electron chi connectivity index (χ0n) is 18.1. The van der Waals surface area contributed by atoms with Crippen molar-refractivity contribution >= 4 is 45.8 Å². The molecule has 0 aliphatic rings. The van der Waals surface area contributed by atoms with E-state index in [-0.39, 0.29) is 24.7 Å². The summed E-state index contributed by atoms with van der Waals surface area (Å²) < 4.78 is 0. The molecule has 6 nitrogen and oxygen atoms in total. The first-order chi connectivity index (χ1) is 16.2. The van der Waals surface area contributed by atoms with Crippen LogP contribution in [0.1, 0.15) is 30.4 Å². The summed E-state index contributed by atoms with van der Waals surface area (Å²) in [6, 6.07) is 27.8. The van der Waals surface area contributed by atoms with Gasteiger partial charge in [-0.25, -0.2) is 10.9 Å². The van der Waals surface area contributed by atoms with Crippen LogP contribution in [0.2, 0.25) is 0 Å². The first kappa shape index (κ1) is 21.9. The largest absolute Gasteiger partial charge is 0.273 e. The second kappa shape index (κ2) is 10.8. The van der Waals surface area contributed by atoms with Gasteiger partial charge in [0.2, 0.25) is 11.8 Å². The van der Waals surface area contributed by atoms with Crippen LogP contribution in [0.5, 0.6) is 0 Å². The Bertz CT molecular complexity index is 1230. The van der Waals surface area contributed by atoms with E-state index in [1.54, 1.807) is 12.4 Å². The van der Waals surface area contributed by atoms with Crippen LogP contribution in [0.25, 0.3) is 21.5 Å². The number of hydrogen-bond donors (Lipinski definition) is 2. The molecule has 0 saturated carbocycles. The van der Waals surface area contributed by atoms with Gasteiger partial charge >= 0.3 is 0 Å². The molecule has 0 aromatic heterocycles. The minimum atomic E-state index is -0.237. The Balaban J connectivity index is 1.20. The molecule has 0 aliphatic heterocycles. The molecule has 6 heteroatoms. The van der Waals surface area contributed by atoms with Gasteiger partial charge in [0, 0.05) is 24.0 Å². The van der Waals surface area contributed by atoms with Crippen molar-refractivity contribution in [3.63, 3.8) is 0 Å². The molecule has 4 aromatic rings. The second-order valence-corrected chi connectivity index (χ2v) is 7.58. The first-order valence-corrected chi connectivity index (χ1v) is 10.8. The molecule has 0 spiro atoms. The zero-order valence-corrected chi connectivity index (χ0v) is 18.1. The minimum Gasteiger partial charge on any atom is -0.273 e. The Morgan fingerprint density at radius 2 is 1.03 bits per heavy atom. The maximum Gasteiger partial charge on any atom is 0.240 e. The lowest BCUT2D eigenvalue weighted by atomic mass is 10.1. The average molecular weight is 437 g/mol. The molecule has 0 bridgehead atoms. The van der Waals surface area contributed by atoms with Crippen molar-refractivity contribution in [2.45, 2.75) is 19.3 Å². The summed E-state index contributed by atoms with van der Waals surface area (Å²) in [4.78, 5) is 24.0. The van der Waals surface area contributed by atoms with Crippen LogP contribution in [0, 0.1) is 0 Å². The minimum absolute atomic E-state index is 0.202. The molecule has 2 N–H and O–H groups in total. The van der Waals surface area contributed by atoms with Gasteiger partial charge in [-0.15, -0.1) is 0 Å². The number of amides is 2. The van der Waals surface area contributed by atoms with Crippen molar-refractivity contribution in [3.8, 4) is 0 Å². The molecule has 0 unspecified atom stereocenters. The lowest BCUT2D eigenvalue weighted by molar-refractivity contribution is -0.122. The fourth-order valence-electron chi connectivity index (χ4n) is 3.60. The van der Waals surface area contributed by atoms with Crippen LogP contribution in [-0.2, 0) is 9.59 Å². The Kier molecular flexibility index (Phi) is 7.18. The smallest absolute Gasteiger partial charge is 0.240 e. The van der Waals surface area contributed by atoms with Gasteiger partial charge in [-0.3, -0.25) is 9.59 Å². The Hall–Kier alpha value is -4.32. The molecule has 0 saturated heterocycles. The van der Waals surface area contributed by atoms with Crippen LogP contribution >= 0.6 is 0 Å². The van der Waals surface area contributed by atoms with Gasteiger partial charge in [-0.1, -0.05) is 84.9 Å². The van der Waals surface area contributed by atoms with Crippen molar-refractivity contribution in [3.05, 3.63) is 96.1 Å². The number of hydrogen-bond acceptors (Lipinski definition) is 4. The SMILES string of the molecule is O=C(CCCC(=O)N/N=C/c1cccc2ccccc12)N/N=C\c1cccc2ccccc12. The van der Waals surface area contributed by atoms with Crippen LogP contribution in [0.3, 0.4) is 0 Å². The number of nitrogens with zero attached hydrogens (tertiary/aromatic N) is 2. The number of carbonyl (C=O) groups is 2. The molecule has 4 aromatic carbocycles. The molecule has 164 valence electrons. The fraction of sp³-hybridized carbons (Fsp3) is 0.111. The van der Waals surface area contributed by atoms with Gasteiger partial charge in [0.25, 0.3) is 0 Å². The van der Waals surface area contributed by atoms with E-state index in [1.807, 2.05) is 84.9 Å². The van der Waals surface area contributed by atoms with E-state index in [2.05, 4.69) is 21.1 Å². The maximum atomic E-state index is 12.0. The van der Waals surface area contributed by atoms with E-state index in [9.17, 15) is 9.59 Å². The zero-order chi connectivity index (χ0) is 22.9. The van der Waals surface area contributed by atoms with Gasteiger partial charge in [0.15, 0.2) is 0 Å². The Morgan fingerprint density at radius 3 is 1.52 bits per heavy atom. The van der Waals surface area contributed by atoms with Crippen LogP contribution in [0.4, 0.5) is 0 Å². The molecule has 0 fully saturated rings. The van der Waals surface area contributed by atoms with E-state index < -0.39 is 0 Å². The van der Waals surface area contributed by atoms with Crippen LogP contribution < -0.4 is 10.9 Å².